The lowest BCUT2D eigenvalue weighted by atomic mass is 10.2. The Labute approximate surface area is 184 Å². The molecule has 1 aliphatic heterocycles. The standard InChI is InChI=1S/C25H20N4O3/c1-2-6-18(7-3-1)14-28(15-20-16-30-17-31-20)24-10-11-29-25(27-24)21(13-26-29)23-12-19-8-4-5-9-22(19)32-23/h1-13,16H,14-15,17H2. The number of nitrogens with zero attached hydrogens (tertiary/aromatic N) is 4. The Morgan fingerprint density at radius 1 is 0.969 bits per heavy atom. The molecule has 0 unspecified atom stereocenters. The summed E-state index contributed by atoms with van der Waals surface area (Å²) in [5.74, 6) is 2.33. The van der Waals surface area contributed by atoms with Gasteiger partial charge in [0, 0.05) is 18.1 Å². The van der Waals surface area contributed by atoms with Gasteiger partial charge in [-0.2, -0.15) is 5.10 Å². The number of aromatic nitrogens is 3. The summed E-state index contributed by atoms with van der Waals surface area (Å²) in [5.41, 5.74) is 3.60. The Hall–Kier alpha value is -4.26. The van der Waals surface area contributed by atoms with Gasteiger partial charge in [0.25, 0.3) is 0 Å². The van der Waals surface area contributed by atoms with Gasteiger partial charge in [-0.25, -0.2) is 9.50 Å². The van der Waals surface area contributed by atoms with E-state index in [1.165, 1.54) is 5.56 Å². The van der Waals surface area contributed by atoms with E-state index in [0.717, 1.165) is 39.5 Å². The Balaban J connectivity index is 1.41. The van der Waals surface area contributed by atoms with Crippen molar-refractivity contribution in [1.29, 1.82) is 0 Å². The van der Waals surface area contributed by atoms with Crippen molar-refractivity contribution in [1.82, 2.24) is 14.6 Å². The quantitative estimate of drug-likeness (QED) is 0.382. The minimum absolute atomic E-state index is 0.250. The molecule has 0 saturated heterocycles. The third kappa shape index (κ3) is 3.43. The van der Waals surface area contributed by atoms with E-state index in [0.29, 0.717) is 13.1 Å². The van der Waals surface area contributed by atoms with E-state index in [1.807, 2.05) is 60.8 Å². The van der Waals surface area contributed by atoms with Gasteiger partial charge in [-0.05, 0) is 23.8 Å². The maximum Gasteiger partial charge on any atom is 0.229 e. The van der Waals surface area contributed by atoms with Gasteiger partial charge in [0.1, 0.15) is 23.4 Å². The number of hydrogen-bond acceptors (Lipinski definition) is 6. The molecule has 0 fully saturated rings. The van der Waals surface area contributed by atoms with Gasteiger partial charge in [-0.3, -0.25) is 0 Å². The Bertz CT molecular complexity index is 1390. The minimum atomic E-state index is 0.250. The number of anilines is 1. The molecule has 2 aromatic carbocycles. The first kappa shape index (κ1) is 18.5. The van der Waals surface area contributed by atoms with Crippen molar-refractivity contribution < 1.29 is 13.9 Å². The summed E-state index contributed by atoms with van der Waals surface area (Å²) in [7, 11) is 0. The summed E-state index contributed by atoms with van der Waals surface area (Å²) >= 11 is 0. The smallest absolute Gasteiger partial charge is 0.229 e. The fraction of sp³-hybridized carbons (Fsp3) is 0.120. The molecular weight excluding hydrogens is 404 g/mol. The number of rotatable bonds is 6. The maximum absolute atomic E-state index is 6.07. The first-order valence-corrected chi connectivity index (χ1v) is 10.4. The molecule has 0 radical (unpaired) electrons. The molecule has 3 aromatic heterocycles. The highest BCUT2D eigenvalue weighted by molar-refractivity contribution is 5.86. The van der Waals surface area contributed by atoms with Gasteiger partial charge in [0.05, 0.1) is 18.3 Å². The monoisotopic (exact) mass is 424 g/mol. The van der Waals surface area contributed by atoms with Crippen molar-refractivity contribution in [2.75, 3.05) is 18.2 Å². The largest absolute Gasteiger partial charge is 0.462 e. The molecule has 0 N–H and O–H groups in total. The highest BCUT2D eigenvalue weighted by Crippen LogP contribution is 2.31. The third-order valence-electron chi connectivity index (χ3n) is 5.46. The van der Waals surface area contributed by atoms with E-state index in [1.54, 1.807) is 17.0 Å². The average molecular weight is 424 g/mol. The Morgan fingerprint density at radius 2 is 1.84 bits per heavy atom. The fourth-order valence-electron chi connectivity index (χ4n) is 3.89. The molecule has 0 bridgehead atoms. The maximum atomic E-state index is 6.07. The van der Waals surface area contributed by atoms with Crippen LogP contribution in [0.2, 0.25) is 0 Å². The highest BCUT2D eigenvalue weighted by Gasteiger charge is 2.18. The third-order valence-corrected chi connectivity index (χ3v) is 5.46. The van der Waals surface area contributed by atoms with Crippen LogP contribution in [0.5, 0.6) is 0 Å². The van der Waals surface area contributed by atoms with Crippen LogP contribution in [-0.4, -0.2) is 27.9 Å². The molecule has 0 spiro atoms. The van der Waals surface area contributed by atoms with E-state index in [2.05, 4.69) is 22.1 Å². The summed E-state index contributed by atoms with van der Waals surface area (Å²) in [6.45, 7) is 1.48. The Morgan fingerprint density at radius 3 is 2.69 bits per heavy atom. The van der Waals surface area contributed by atoms with E-state index in [-0.39, 0.29) is 6.79 Å². The van der Waals surface area contributed by atoms with E-state index >= 15 is 0 Å². The van der Waals surface area contributed by atoms with Crippen molar-refractivity contribution >= 4 is 22.4 Å². The summed E-state index contributed by atoms with van der Waals surface area (Å²) in [6, 6.07) is 22.2. The molecule has 0 atom stereocenters. The van der Waals surface area contributed by atoms with Crippen molar-refractivity contribution in [2.45, 2.75) is 6.54 Å². The lowest BCUT2D eigenvalue weighted by molar-refractivity contribution is 0.0797. The SMILES string of the molecule is C1=C(CN(Cc2ccccc2)c2ccn3ncc(-c4cc5ccccc5o4)c3n2)OCO1. The lowest BCUT2D eigenvalue weighted by Crippen LogP contribution is -2.26. The van der Waals surface area contributed by atoms with E-state index < -0.39 is 0 Å². The fourth-order valence-corrected chi connectivity index (χ4v) is 3.89. The predicted octanol–water partition coefficient (Wildman–Crippen LogP) is 4.99. The topological polar surface area (TPSA) is 65.0 Å². The molecule has 7 heteroatoms. The normalized spacial score (nSPS) is 13.2. The van der Waals surface area contributed by atoms with Crippen LogP contribution in [0.3, 0.4) is 0 Å². The van der Waals surface area contributed by atoms with Crippen LogP contribution >= 0.6 is 0 Å². The number of hydrogen-bond donors (Lipinski definition) is 0. The summed E-state index contributed by atoms with van der Waals surface area (Å²) in [5, 5.41) is 5.52. The van der Waals surface area contributed by atoms with Gasteiger partial charge in [-0.1, -0.05) is 48.5 Å². The molecule has 1 aliphatic rings. The summed E-state index contributed by atoms with van der Waals surface area (Å²) in [4.78, 5) is 7.12. The zero-order valence-electron chi connectivity index (χ0n) is 17.2. The van der Waals surface area contributed by atoms with Gasteiger partial charge < -0.3 is 18.8 Å². The molecule has 4 heterocycles. The molecule has 0 saturated carbocycles. The second-order valence-electron chi connectivity index (χ2n) is 7.62. The zero-order valence-corrected chi connectivity index (χ0v) is 17.2. The summed E-state index contributed by atoms with van der Waals surface area (Å²) < 4.78 is 18.7. The lowest BCUT2D eigenvalue weighted by Gasteiger charge is -2.23. The zero-order chi connectivity index (χ0) is 21.3. The second-order valence-corrected chi connectivity index (χ2v) is 7.62. The number of benzene rings is 2. The van der Waals surface area contributed by atoms with Crippen LogP contribution < -0.4 is 4.90 Å². The van der Waals surface area contributed by atoms with Gasteiger partial charge in [0.15, 0.2) is 11.4 Å². The van der Waals surface area contributed by atoms with Crippen LogP contribution in [0, 0.1) is 0 Å². The number of furan rings is 1. The molecule has 158 valence electrons. The second kappa shape index (κ2) is 7.77. The average Bonchev–Trinajstić information content (AvgIpc) is 3.58. The predicted molar refractivity (Wildman–Crippen MR) is 121 cm³/mol. The molecule has 32 heavy (non-hydrogen) atoms. The van der Waals surface area contributed by atoms with Crippen molar-refractivity contribution in [3.63, 3.8) is 0 Å². The van der Waals surface area contributed by atoms with E-state index in [4.69, 9.17) is 18.9 Å². The van der Waals surface area contributed by atoms with Crippen LogP contribution in [0.4, 0.5) is 5.82 Å². The number of ether oxygens (including phenoxy) is 2. The van der Waals surface area contributed by atoms with Gasteiger partial charge in [-0.15, -0.1) is 0 Å². The van der Waals surface area contributed by atoms with Crippen LogP contribution in [0.25, 0.3) is 27.9 Å². The Kier molecular flexibility index (Phi) is 4.50. The number of fused-ring (bicyclic) bond motifs is 2. The summed E-state index contributed by atoms with van der Waals surface area (Å²) in [6.07, 6.45) is 5.37. The van der Waals surface area contributed by atoms with Crippen molar-refractivity contribution in [2.24, 2.45) is 0 Å². The molecule has 0 aliphatic carbocycles. The first-order chi connectivity index (χ1) is 15.8. The van der Waals surface area contributed by atoms with Crippen LogP contribution in [0.15, 0.2) is 95.6 Å². The van der Waals surface area contributed by atoms with Gasteiger partial charge >= 0.3 is 0 Å². The number of para-hydroxylation sites is 1. The minimum Gasteiger partial charge on any atom is -0.462 e. The van der Waals surface area contributed by atoms with Gasteiger partial charge in [0.2, 0.25) is 6.79 Å². The van der Waals surface area contributed by atoms with Crippen LogP contribution in [0.1, 0.15) is 5.56 Å². The van der Waals surface area contributed by atoms with Crippen molar-refractivity contribution in [3.05, 3.63) is 96.7 Å². The molecule has 7 nitrogen and oxygen atoms in total. The molecule has 6 rings (SSSR count). The van der Waals surface area contributed by atoms with Crippen LogP contribution in [-0.2, 0) is 16.0 Å². The molecule has 5 aromatic rings. The highest BCUT2D eigenvalue weighted by atomic mass is 16.7. The van der Waals surface area contributed by atoms with Crippen molar-refractivity contribution in [3.8, 4) is 11.3 Å². The molecule has 0 amide bonds. The molecular formula is C25H20N4O3. The first-order valence-electron chi connectivity index (χ1n) is 10.4. The van der Waals surface area contributed by atoms with E-state index in [9.17, 15) is 0 Å².